The van der Waals surface area contributed by atoms with Gasteiger partial charge in [0.15, 0.2) is 0 Å². The van der Waals surface area contributed by atoms with Gasteiger partial charge in [0, 0.05) is 25.7 Å². The Hall–Kier alpha value is -1.13. The van der Waals surface area contributed by atoms with Crippen LogP contribution in [0.3, 0.4) is 0 Å². The zero-order valence-corrected chi connectivity index (χ0v) is 11.2. The fourth-order valence-electron chi connectivity index (χ4n) is 2.10. The number of benzene rings is 1. The summed E-state index contributed by atoms with van der Waals surface area (Å²) in [6, 6.07) is 2.97. The van der Waals surface area contributed by atoms with E-state index in [1.54, 1.807) is 11.8 Å². The normalized spacial score (nSPS) is 20.0. The van der Waals surface area contributed by atoms with Crippen molar-refractivity contribution in [1.29, 1.82) is 0 Å². The second kappa shape index (κ2) is 5.24. The van der Waals surface area contributed by atoms with Crippen LogP contribution in [0.4, 0.5) is 4.39 Å². The average molecular weight is 271 g/mol. The maximum absolute atomic E-state index is 13.5. The number of hydrogen-bond donors (Lipinski definition) is 1. The molecule has 1 atom stereocenters. The highest BCUT2D eigenvalue weighted by Gasteiger charge is 2.23. The molecule has 1 saturated heterocycles. The van der Waals surface area contributed by atoms with Crippen molar-refractivity contribution in [2.24, 2.45) is 0 Å². The lowest BCUT2D eigenvalue weighted by Crippen LogP contribution is -2.51. The molecule has 0 aromatic heterocycles. The van der Waals surface area contributed by atoms with Crippen LogP contribution in [0.2, 0.25) is 5.02 Å². The zero-order valence-electron chi connectivity index (χ0n) is 10.5. The van der Waals surface area contributed by atoms with E-state index in [0.29, 0.717) is 23.7 Å². The lowest BCUT2D eigenvalue weighted by Gasteiger charge is -2.32. The van der Waals surface area contributed by atoms with Crippen molar-refractivity contribution in [2.45, 2.75) is 19.9 Å². The molecule has 0 spiro atoms. The number of rotatable bonds is 1. The van der Waals surface area contributed by atoms with Crippen molar-refractivity contribution < 1.29 is 9.18 Å². The van der Waals surface area contributed by atoms with Crippen molar-refractivity contribution in [3.63, 3.8) is 0 Å². The monoisotopic (exact) mass is 270 g/mol. The topological polar surface area (TPSA) is 32.3 Å². The minimum Gasteiger partial charge on any atom is -0.336 e. The van der Waals surface area contributed by atoms with Gasteiger partial charge in [-0.05, 0) is 31.5 Å². The van der Waals surface area contributed by atoms with Gasteiger partial charge in [0.05, 0.1) is 10.6 Å². The van der Waals surface area contributed by atoms with Crippen LogP contribution in [-0.2, 0) is 0 Å². The van der Waals surface area contributed by atoms with E-state index >= 15 is 0 Å². The van der Waals surface area contributed by atoms with Gasteiger partial charge >= 0.3 is 0 Å². The fraction of sp³-hybridized carbons (Fsp3) is 0.462. The molecule has 98 valence electrons. The molecule has 5 heteroatoms. The van der Waals surface area contributed by atoms with Gasteiger partial charge < -0.3 is 10.2 Å². The first-order valence-corrected chi connectivity index (χ1v) is 6.35. The molecule has 1 aromatic rings. The molecule has 0 saturated carbocycles. The Labute approximate surface area is 111 Å². The highest BCUT2D eigenvalue weighted by atomic mass is 35.5. The summed E-state index contributed by atoms with van der Waals surface area (Å²) in [6.45, 7) is 5.62. The molecular weight excluding hydrogens is 255 g/mol. The van der Waals surface area contributed by atoms with E-state index < -0.39 is 5.82 Å². The Bertz CT molecular complexity index is 478. The number of carbonyl (C=O) groups is 1. The summed E-state index contributed by atoms with van der Waals surface area (Å²) in [5.74, 6) is -0.599. The fourth-order valence-corrected chi connectivity index (χ4v) is 2.40. The largest absolute Gasteiger partial charge is 0.336 e. The molecule has 1 heterocycles. The van der Waals surface area contributed by atoms with Gasteiger partial charge in [0.25, 0.3) is 5.91 Å². The van der Waals surface area contributed by atoms with E-state index in [9.17, 15) is 9.18 Å². The third kappa shape index (κ3) is 2.65. The molecule has 1 amide bonds. The van der Waals surface area contributed by atoms with Gasteiger partial charge in [-0.25, -0.2) is 4.39 Å². The van der Waals surface area contributed by atoms with E-state index in [-0.39, 0.29) is 17.5 Å². The molecule has 0 radical (unpaired) electrons. The van der Waals surface area contributed by atoms with Crippen molar-refractivity contribution in [2.75, 3.05) is 19.6 Å². The van der Waals surface area contributed by atoms with E-state index in [2.05, 4.69) is 5.32 Å². The third-order valence-electron chi connectivity index (χ3n) is 3.13. The van der Waals surface area contributed by atoms with Crippen molar-refractivity contribution in [3.8, 4) is 0 Å². The molecule has 18 heavy (non-hydrogen) atoms. The molecule has 1 aromatic carbocycles. The van der Waals surface area contributed by atoms with Crippen molar-refractivity contribution in [1.82, 2.24) is 10.2 Å². The molecule has 1 fully saturated rings. The highest BCUT2D eigenvalue weighted by molar-refractivity contribution is 6.33. The SMILES string of the molecule is Cc1cc(Cl)c(C(=O)N2CCNC(C)C2)cc1F. The number of carbonyl (C=O) groups excluding carboxylic acids is 1. The first-order valence-electron chi connectivity index (χ1n) is 5.97. The van der Waals surface area contributed by atoms with Gasteiger partial charge in [0.2, 0.25) is 0 Å². The van der Waals surface area contributed by atoms with Gasteiger partial charge in [-0.15, -0.1) is 0 Å². The van der Waals surface area contributed by atoms with Crippen LogP contribution in [0.25, 0.3) is 0 Å². The van der Waals surface area contributed by atoms with Crippen molar-refractivity contribution in [3.05, 3.63) is 34.1 Å². The molecule has 1 unspecified atom stereocenters. The maximum atomic E-state index is 13.5. The Morgan fingerprint density at radius 3 is 2.94 bits per heavy atom. The molecule has 0 aliphatic carbocycles. The standard InChI is InChI=1S/C13H16ClFN2O/c1-8-5-11(14)10(6-12(8)15)13(18)17-4-3-16-9(2)7-17/h5-6,9,16H,3-4,7H2,1-2H3. The van der Waals surface area contributed by atoms with Gasteiger partial charge in [0.1, 0.15) is 5.82 Å². The lowest BCUT2D eigenvalue weighted by atomic mass is 10.1. The minimum atomic E-state index is -0.397. The quantitative estimate of drug-likeness (QED) is 0.849. The molecule has 0 bridgehead atoms. The molecule has 2 rings (SSSR count). The van der Waals surface area contributed by atoms with Crippen LogP contribution in [0, 0.1) is 12.7 Å². The first kappa shape index (κ1) is 13.3. The minimum absolute atomic E-state index is 0.202. The van der Waals surface area contributed by atoms with E-state index in [4.69, 9.17) is 11.6 Å². The maximum Gasteiger partial charge on any atom is 0.255 e. The summed E-state index contributed by atoms with van der Waals surface area (Å²) in [6.07, 6.45) is 0. The van der Waals surface area contributed by atoms with Crippen LogP contribution in [-0.4, -0.2) is 36.5 Å². The molecule has 1 aliphatic rings. The Balaban J connectivity index is 2.25. The number of aryl methyl sites for hydroxylation is 1. The van der Waals surface area contributed by atoms with Crippen LogP contribution in [0.15, 0.2) is 12.1 Å². The van der Waals surface area contributed by atoms with Gasteiger partial charge in [-0.2, -0.15) is 0 Å². The lowest BCUT2D eigenvalue weighted by molar-refractivity contribution is 0.0709. The molecule has 3 nitrogen and oxygen atoms in total. The highest BCUT2D eigenvalue weighted by Crippen LogP contribution is 2.22. The first-order chi connectivity index (χ1) is 8.49. The van der Waals surface area contributed by atoms with E-state index in [1.807, 2.05) is 6.92 Å². The summed E-state index contributed by atoms with van der Waals surface area (Å²) in [7, 11) is 0. The number of halogens is 2. The van der Waals surface area contributed by atoms with Gasteiger partial charge in [-0.1, -0.05) is 11.6 Å². The number of amides is 1. The summed E-state index contributed by atoms with van der Waals surface area (Å²) in [4.78, 5) is 14.0. The van der Waals surface area contributed by atoms with E-state index in [0.717, 1.165) is 6.54 Å². The molecular formula is C13H16ClFN2O. The smallest absolute Gasteiger partial charge is 0.255 e. The summed E-state index contributed by atoms with van der Waals surface area (Å²) >= 11 is 6.02. The summed E-state index contributed by atoms with van der Waals surface area (Å²) in [5.41, 5.74) is 0.694. The Morgan fingerprint density at radius 1 is 1.56 bits per heavy atom. The molecule has 1 N–H and O–H groups in total. The predicted molar refractivity (Wildman–Crippen MR) is 69.5 cm³/mol. The second-order valence-corrected chi connectivity index (χ2v) is 5.09. The van der Waals surface area contributed by atoms with Gasteiger partial charge in [-0.3, -0.25) is 4.79 Å². The van der Waals surface area contributed by atoms with Crippen LogP contribution >= 0.6 is 11.6 Å². The van der Waals surface area contributed by atoms with Crippen LogP contribution in [0.1, 0.15) is 22.8 Å². The Kier molecular flexibility index (Phi) is 3.88. The number of hydrogen-bond acceptors (Lipinski definition) is 2. The van der Waals surface area contributed by atoms with E-state index in [1.165, 1.54) is 12.1 Å². The number of nitrogens with one attached hydrogen (secondary N) is 1. The molecule has 1 aliphatic heterocycles. The zero-order chi connectivity index (χ0) is 13.3. The summed E-state index contributed by atoms with van der Waals surface area (Å²) in [5, 5.41) is 3.56. The van der Waals surface area contributed by atoms with Crippen LogP contribution in [0.5, 0.6) is 0 Å². The predicted octanol–water partition coefficient (Wildman–Crippen LogP) is 2.22. The summed E-state index contributed by atoms with van der Waals surface area (Å²) < 4.78 is 13.5. The Morgan fingerprint density at radius 2 is 2.28 bits per heavy atom. The van der Waals surface area contributed by atoms with Crippen LogP contribution < -0.4 is 5.32 Å². The third-order valence-corrected chi connectivity index (χ3v) is 3.45. The number of nitrogens with zero attached hydrogens (tertiary/aromatic N) is 1. The van der Waals surface area contributed by atoms with Crippen molar-refractivity contribution >= 4 is 17.5 Å². The second-order valence-electron chi connectivity index (χ2n) is 4.69. The average Bonchev–Trinajstić information content (AvgIpc) is 2.33. The number of piperazine rings is 1.